The first kappa shape index (κ1) is 39.7. The van der Waals surface area contributed by atoms with Crippen molar-refractivity contribution < 1.29 is 28.5 Å². The summed E-state index contributed by atoms with van der Waals surface area (Å²) in [4.78, 5) is 38.3. The zero-order valence-electron chi connectivity index (χ0n) is 30.0. The summed E-state index contributed by atoms with van der Waals surface area (Å²) in [6.07, 6.45) is 12.3. The highest BCUT2D eigenvalue weighted by molar-refractivity contribution is 14.1. The number of halogens is 3. The number of hydrogen-bond donors (Lipinski definition) is 0. The summed E-state index contributed by atoms with van der Waals surface area (Å²) in [5, 5.41) is 0. The van der Waals surface area contributed by atoms with E-state index >= 15 is 0 Å². The van der Waals surface area contributed by atoms with Crippen LogP contribution in [0.15, 0.2) is 52.1 Å². The lowest BCUT2D eigenvalue weighted by atomic mass is 9.99. The maximum Gasteiger partial charge on any atom is 0.414 e. The summed E-state index contributed by atoms with van der Waals surface area (Å²) in [7, 11) is 0. The van der Waals surface area contributed by atoms with Crippen molar-refractivity contribution in [2.45, 2.75) is 78.4 Å². The van der Waals surface area contributed by atoms with Gasteiger partial charge in [-0.3, -0.25) is 14.2 Å². The molecule has 2 aliphatic heterocycles. The molecule has 0 spiro atoms. The second-order valence-corrected chi connectivity index (χ2v) is 17.7. The third-order valence-electron chi connectivity index (χ3n) is 8.32. The highest BCUT2D eigenvalue weighted by Crippen LogP contribution is 2.32. The zero-order chi connectivity index (χ0) is 36.9. The van der Waals surface area contributed by atoms with Gasteiger partial charge < -0.3 is 23.3 Å². The van der Waals surface area contributed by atoms with Crippen LogP contribution in [0, 0.1) is 15.5 Å². The van der Waals surface area contributed by atoms with Crippen molar-refractivity contribution in [1.29, 1.82) is 0 Å². The van der Waals surface area contributed by atoms with Crippen LogP contribution in [0.3, 0.4) is 0 Å². The van der Waals surface area contributed by atoms with E-state index in [0.29, 0.717) is 24.9 Å². The maximum absolute atomic E-state index is 13.0. The fourth-order valence-electron chi connectivity index (χ4n) is 5.94. The topological polar surface area (TPSA) is 112 Å². The SMILES string of the molecule is CC(C)(C)OC(=O)N(CC1CCOCC1)c1cc(Br)cn2c(I)cnc12.CC(C)(C)OC(=O)N(CC1CCOCC1)c1cc(Br)cn2ccnc12. The molecule has 0 N–H and O–H groups in total. The van der Waals surface area contributed by atoms with E-state index in [9.17, 15) is 9.59 Å². The number of pyridine rings is 2. The van der Waals surface area contributed by atoms with Gasteiger partial charge in [-0.25, -0.2) is 19.6 Å². The Labute approximate surface area is 329 Å². The summed E-state index contributed by atoms with van der Waals surface area (Å²) in [6, 6.07) is 3.85. The first-order chi connectivity index (χ1) is 24.1. The van der Waals surface area contributed by atoms with Gasteiger partial charge in [0.1, 0.15) is 14.9 Å². The molecule has 0 bridgehead atoms. The van der Waals surface area contributed by atoms with Gasteiger partial charge in [0.2, 0.25) is 0 Å². The summed E-state index contributed by atoms with van der Waals surface area (Å²) in [5.41, 5.74) is 1.87. The molecule has 0 aliphatic carbocycles. The number of amides is 2. The fourth-order valence-corrected chi connectivity index (χ4v) is 7.30. The predicted octanol–water partition coefficient (Wildman–Crippen LogP) is 9.13. The molecule has 51 heavy (non-hydrogen) atoms. The molecule has 4 aromatic rings. The Bertz CT molecular complexity index is 1810. The van der Waals surface area contributed by atoms with Crippen LogP contribution in [0.25, 0.3) is 11.3 Å². The van der Waals surface area contributed by atoms with Crippen LogP contribution >= 0.6 is 54.5 Å². The molecule has 2 amide bonds. The van der Waals surface area contributed by atoms with Gasteiger partial charge >= 0.3 is 12.2 Å². The van der Waals surface area contributed by atoms with E-state index in [2.05, 4.69) is 64.4 Å². The number of carbonyl (C=O) groups excluding carboxylic acids is 2. The molecule has 4 aromatic heterocycles. The van der Waals surface area contributed by atoms with E-state index in [1.807, 2.05) is 81.1 Å². The molecule has 278 valence electrons. The van der Waals surface area contributed by atoms with Crippen molar-refractivity contribution >= 4 is 89.3 Å². The fraction of sp³-hybridized carbons (Fsp3) is 0.556. The Balaban J connectivity index is 0.000000198. The van der Waals surface area contributed by atoms with Crippen molar-refractivity contribution in [1.82, 2.24) is 18.8 Å². The van der Waals surface area contributed by atoms with E-state index in [1.165, 1.54) is 0 Å². The van der Waals surface area contributed by atoms with Gasteiger partial charge in [-0.1, -0.05) is 0 Å². The first-order valence-electron chi connectivity index (χ1n) is 17.2. The average molecular weight is 947 g/mol. The molecule has 2 fully saturated rings. The van der Waals surface area contributed by atoms with Gasteiger partial charge in [0.05, 0.1) is 17.6 Å². The third kappa shape index (κ3) is 11.0. The van der Waals surface area contributed by atoms with Crippen LogP contribution in [0.5, 0.6) is 0 Å². The van der Waals surface area contributed by atoms with Crippen LogP contribution in [-0.4, -0.2) is 81.7 Å². The van der Waals surface area contributed by atoms with Crippen LogP contribution in [0.4, 0.5) is 21.0 Å². The number of fused-ring (bicyclic) bond motifs is 2. The maximum atomic E-state index is 13.0. The lowest BCUT2D eigenvalue weighted by Gasteiger charge is -2.32. The average Bonchev–Trinajstić information content (AvgIpc) is 3.68. The summed E-state index contributed by atoms with van der Waals surface area (Å²) >= 11 is 9.31. The summed E-state index contributed by atoms with van der Waals surface area (Å²) in [6.45, 7) is 15.4. The Kier molecular flexibility index (Phi) is 13.3. The smallest absolute Gasteiger partial charge is 0.414 e. The molecule has 0 atom stereocenters. The molecule has 2 saturated heterocycles. The molecule has 6 rings (SSSR count). The van der Waals surface area contributed by atoms with E-state index in [4.69, 9.17) is 18.9 Å². The van der Waals surface area contributed by atoms with Crippen molar-refractivity contribution in [2.75, 3.05) is 49.3 Å². The van der Waals surface area contributed by atoms with Gasteiger partial charge in [0.25, 0.3) is 0 Å². The molecule has 2 aliphatic rings. The van der Waals surface area contributed by atoms with E-state index in [-0.39, 0.29) is 12.2 Å². The highest BCUT2D eigenvalue weighted by atomic mass is 127. The highest BCUT2D eigenvalue weighted by Gasteiger charge is 2.31. The summed E-state index contributed by atoms with van der Waals surface area (Å²) < 4.78 is 28.9. The number of anilines is 2. The van der Waals surface area contributed by atoms with Gasteiger partial charge in [-0.2, -0.15) is 0 Å². The molecule has 6 heterocycles. The molecule has 0 radical (unpaired) electrons. The normalized spacial score (nSPS) is 16.1. The van der Waals surface area contributed by atoms with Crippen molar-refractivity contribution in [2.24, 2.45) is 11.8 Å². The largest absolute Gasteiger partial charge is 0.443 e. The first-order valence-corrected chi connectivity index (χ1v) is 19.9. The van der Waals surface area contributed by atoms with Crippen LogP contribution in [0.2, 0.25) is 0 Å². The lowest BCUT2D eigenvalue weighted by molar-refractivity contribution is 0.0510. The minimum Gasteiger partial charge on any atom is -0.443 e. The number of ether oxygens (including phenoxy) is 4. The Morgan fingerprint density at radius 3 is 1.76 bits per heavy atom. The van der Waals surface area contributed by atoms with Crippen LogP contribution < -0.4 is 9.80 Å². The molecule has 15 heteroatoms. The number of hydrogen-bond acceptors (Lipinski definition) is 8. The lowest BCUT2D eigenvalue weighted by Crippen LogP contribution is -2.41. The van der Waals surface area contributed by atoms with Gasteiger partial charge in [0.15, 0.2) is 11.3 Å². The molecule has 0 saturated carbocycles. The Morgan fingerprint density at radius 2 is 1.27 bits per heavy atom. The third-order valence-corrected chi connectivity index (χ3v) is 9.98. The molecule has 0 unspecified atom stereocenters. The second-order valence-electron chi connectivity index (χ2n) is 14.8. The number of rotatable bonds is 6. The van der Waals surface area contributed by atoms with Crippen molar-refractivity contribution in [3.05, 3.63) is 55.8 Å². The number of nitrogens with zero attached hydrogens (tertiary/aromatic N) is 6. The number of aromatic nitrogens is 4. The standard InChI is InChI=1S/C18H23BrIN3O3.C18H24BrN3O3/c1-18(2,3)26-17(24)22(10-12-4-6-25-7-5-12)14-8-13(19)11-23-15(20)9-21-16(14)23;1-18(2,3)25-17(23)22(11-13-4-8-24-9-5-13)15-10-14(19)12-21-7-6-20-16(15)21/h8-9,11-12H,4-7,10H2,1-3H3;6-7,10,12-13H,4-5,8-9,11H2,1-3H3. The quantitative estimate of drug-likeness (QED) is 0.176. The monoisotopic (exact) mass is 944 g/mol. The van der Waals surface area contributed by atoms with Gasteiger partial charge in [0, 0.05) is 73.2 Å². The second kappa shape index (κ2) is 17.1. The minimum absolute atomic E-state index is 0.345. The van der Waals surface area contributed by atoms with Gasteiger partial charge in [-0.15, -0.1) is 0 Å². The number of imidazole rings is 2. The predicted molar refractivity (Wildman–Crippen MR) is 213 cm³/mol. The van der Waals surface area contributed by atoms with Gasteiger partial charge in [-0.05, 0) is 146 Å². The number of carbonyl (C=O) groups is 2. The zero-order valence-corrected chi connectivity index (χ0v) is 35.4. The molecule has 12 nitrogen and oxygen atoms in total. The van der Waals surface area contributed by atoms with E-state index in [0.717, 1.165) is 87.4 Å². The van der Waals surface area contributed by atoms with E-state index in [1.54, 1.807) is 22.2 Å². The van der Waals surface area contributed by atoms with Crippen LogP contribution in [-0.2, 0) is 18.9 Å². The van der Waals surface area contributed by atoms with Crippen molar-refractivity contribution in [3.8, 4) is 0 Å². The summed E-state index contributed by atoms with van der Waals surface area (Å²) in [5.74, 6) is 0.764. The minimum atomic E-state index is -0.558. The van der Waals surface area contributed by atoms with Crippen LogP contribution in [0.1, 0.15) is 67.2 Å². The molecular weight excluding hydrogens is 899 g/mol. The molecule has 0 aromatic carbocycles. The van der Waals surface area contributed by atoms with E-state index < -0.39 is 11.2 Å². The molecular formula is C36H47Br2IN6O6. The Morgan fingerprint density at radius 1 is 0.804 bits per heavy atom. The Hall–Kier alpha value is -2.47. The van der Waals surface area contributed by atoms with Crippen molar-refractivity contribution in [3.63, 3.8) is 0 Å².